The lowest BCUT2D eigenvalue weighted by Crippen LogP contribution is -2.40. The fourth-order valence-electron chi connectivity index (χ4n) is 1.60. The quantitative estimate of drug-likeness (QED) is 0.798. The summed E-state index contributed by atoms with van der Waals surface area (Å²) >= 11 is 0. The molecule has 1 heterocycles. The molecular formula is C9H11N3O3S. The molecule has 2 amide bonds. The minimum atomic E-state index is -3.95. The Hall–Kier alpha value is -1.60. The van der Waals surface area contributed by atoms with Gasteiger partial charge in [-0.3, -0.25) is 4.90 Å². The average Bonchev–Trinajstić information content (AvgIpc) is 2.61. The Balaban J connectivity index is 2.27. The van der Waals surface area contributed by atoms with Crippen LogP contribution < -0.4 is 10.0 Å². The molecule has 16 heavy (non-hydrogen) atoms. The summed E-state index contributed by atoms with van der Waals surface area (Å²) in [5, 5.41) is 4.92. The Bertz CT molecular complexity index is 500. The van der Waals surface area contributed by atoms with Crippen molar-refractivity contribution in [2.75, 3.05) is 18.0 Å². The van der Waals surface area contributed by atoms with Gasteiger partial charge >= 0.3 is 16.2 Å². The molecule has 1 saturated heterocycles. The molecule has 1 aromatic carbocycles. The number of nitrogens with two attached hydrogens (primary N) is 1. The molecule has 2 rings (SSSR count). The lowest BCUT2D eigenvalue weighted by Gasteiger charge is -2.16. The van der Waals surface area contributed by atoms with Gasteiger partial charge in [0, 0.05) is 12.2 Å². The van der Waals surface area contributed by atoms with E-state index < -0.39 is 16.2 Å². The molecule has 0 aliphatic carbocycles. The van der Waals surface area contributed by atoms with Crippen molar-refractivity contribution in [3.63, 3.8) is 0 Å². The number of amides is 2. The van der Waals surface area contributed by atoms with Crippen molar-refractivity contribution in [1.29, 1.82) is 0 Å². The third-order valence-electron chi connectivity index (χ3n) is 2.35. The van der Waals surface area contributed by atoms with E-state index in [1.807, 2.05) is 6.07 Å². The minimum Gasteiger partial charge on any atom is -0.292 e. The number of nitrogens with zero attached hydrogens (tertiary/aromatic N) is 2. The zero-order chi connectivity index (χ0) is 11.8. The number of hydrogen-bond acceptors (Lipinski definition) is 3. The monoisotopic (exact) mass is 241 g/mol. The Labute approximate surface area is 93.4 Å². The number of carbonyl (C=O) groups excluding carboxylic acids is 1. The second kappa shape index (κ2) is 3.76. The van der Waals surface area contributed by atoms with Gasteiger partial charge in [-0.05, 0) is 12.1 Å². The zero-order valence-electron chi connectivity index (χ0n) is 8.41. The Kier molecular flexibility index (Phi) is 2.56. The summed E-state index contributed by atoms with van der Waals surface area (Å²) in [5.74, 6) is 0. The largest absolute Gasteiger partial charge is 0.339 e. The molecule has 86 valence electrons. The van der Waals surface area contributed by atoms with Gasteiger partial charge in [-0.2, -0.15) is 8.42 Å². The number of carbonyl (C=O) groups is 1. The van der Waals surface area contributed by atoms with Crippen molar-refractivity contribution < 1.29 is 13.2 Å². The van der Waals surface area contributed by atoms with Crippen LogP contribution in [0.1, 0.15) is 0 Å². The predicted molar refractivity (Wildman–Crippen MR) is 59.0 cm³/mol. The maximum atomic E-state index is 11.7. The van der Waals surface area contributed by atoms with E-state index in [1.54, 1.807) is 24.3 Å². The van der Waals surface area contributed by atoms with Gasteiger partial charge in [-0.25, -0.2) is 14.2 Å². The SMILES string of the molecule is NS(=O)(=O)N1CCN(c2ccccc2)C1=O. The molecular weight excluding hydrogens is 230 g/mol. The van der Waals surface area contributed by atoms with Gasteiger partial charge in [0.2, 0.25) is 0 Å². The highest BCUT2D eigenvalue weighted by atomic mass is 32.2. The minimum absolute atomic E-state index is 0.0898. The zero-order valence-corrected chi connectivity index (χ0v) is 9.22. The second-order valence-electron chi connectivity index (χ2n) is 3.39. The average molecular weight is 241 g/mol. The molecule has 0 radical (unpaired) electrons. The third kappa shape index (κ3) is 1.86. The highest BCUT2D eigenvalue weighted by Gasteiger charge is 2.35. The number of urea groups is 1. The lowest BCUT2D eigenvalue weighted by atomic mass is 10.3. The topological polar surface area (TPSA) is 83.7 Å². The van der Waals surface area contributed by atoms with Crippen LogP contribution in [0, 0.1) is 0 Å². The van der Waals surface area contributed by atoms with Crippen molar-refractivity contribution in [3.05, 3.63) is 30.3 Å². The summed E-state index contributed by atoms with van der Waals surface area (Å²) in [4.78, 5) is 13.1. The first-order valence-electron chi connectivity index (χ1n) is 4.67. The van der Waals surface area contributed by atoms with Crippen LogP contribution in [0.4, 0.5) is 10.5 Å². The Morgan fingerprint density at radius 1 is 1.12 bits per heavy atom. The van der Waals surface area contributed by atoms with Gasteiger partial charge in [0.1, 0.15) is 0 Å². The number of anilines is 1. The van der Waals surface area contributed by atoms with Crippen LogP contribution in [-0.4, -0.2) is 31.8 Å². The van der Waals surface area contributed by atoms with Gasteiger partial charge < -0.3 is 0 Å². The number of hydrogen-bond donors (Lipinski definition) is 1. The Morgan fingerprint density at radius 3 is 2.25 bits per heavy atom. The first-order chi connectivity index (χ1) is 7.50. The summed E-state index contributed by atoms with van der Waals surface area (Å²) in [5.41, 5.74) is 0.665. The third-order valence-corrected chi connectivity index (χ3v) is 3.30. The van der Waals surface area contributed by atoms with Crippen molar-refractivity contribution in [2.45, 2.75) is 0 Å². The maximum absolute atomic E-state index is 11.7. The molecule has 1 aliphatic heterocycles. The van der Waals surface area contributed by atoms with Gasteiger partial charge in [0.05, 0.1) is 6.54 Å². The summed E-state index contributed by atoms with van der Waals surface area (Å²) in [6, 6.07) is 8.26. The number of rotatable bonds is 2. The summed E-state index contributed by atoms with van der Waals surface area (Å²) in [7, 11) is -3.95. The fraction of sp³-hybridized carbons (Fsp3) is 0.222. The fourth-order valence-corrected chi connectivity index (χ4v) is 2.25. The summed E-state index contributed by atoms with van der Waals surface area (Å²) in [6.07, 6.45) is 0. The van der Waals surface area contributed by atoms with Crippen LogP contribution >= 0.6 is 0 Å². The molecule has 0 aromatic heterocycles. The van der Waals surface area contributed by atoms with E-state index in [2.05, 4.69) is 0 Å². The summed E-state index contributed by atoms with van der Waals surface area (Å²) < 4.78 is 22.8. The van der Waals surface area contributed by atoms with Crippen LogP contribution in [0.3, 0.4) is 0 Å². The van der Waals surface area contributed by atoms with Crippen LogP contribution in [0.5, 0.6) is 0 Å². The molecule has 0 unspecified atom stereocenters. The standard InChI is InChI=1S/C9H11N3O3S/c10-16(14,15)12-7-6-11(9(12)13)8-4-2-1-3-5-8/h1-5H,6-7H2,(H2,10,14,15). The van der Waals surface area contributed by atoms with Crippen LogP contribution in [-0.2, 0) is 10.2 Å². The maximum Gasteiger partial charge on any atom is 0.339 e. The molecule has 0 spiro atoms. The van der Waals surface area contributed by atoms with Crippen LogP contribution in [0.15, 0.2) is 30.3 Å². The first kappa shape index (κ1) is 10.9. The van der Waals surface area contributed by atoms with E-state index >= 15 is 0 Å². The number of benzene rings is 1. The van der Waals surface area contributed by atoms with E-state index in [1.165, 1.54) is 4.90 Å². The van der Waals surface area contributed by atoms with E-state index in [9.17, 15) is 13.2 Å². The predicted octanol–water partition coefficient (Wildman–Crippen LogP) is 0.132. The van der Waals surface area contributed by atoms with E-state index in [0.717, 1.165) is 0 Å². The van der Waals surface area contributed by atoms with Crippen LogP contribution in [0.2, 0.25) is 0 Å². The number of para-hydroxylation sites is 1. The molecule has 6 nitrogen and oxygen atoms in total. The van der Waals surface area contributed by atoms with Gasteiger partial charge in [-0.15, -0.1) is 0 Å². The molecule has 2 N–H and O–H groups in total. The Morgan fingerprint density at radius 2 is 1.75 bits per heavy atom. The molecule has 1 fully saturated rings. The van der Waals surface area contributed by atoms with Crippen molar-refractivity contribution in [3.8, 4) is 0 Å². The van der Waals surface area contributed by atoms with Gasteiger partial charge in [0.25, 0.3) is 0 Å². The van der Waals surface area contributed by atoms with Crippen molar-refractivity contribution >= 4 is 21.9 Å². The molecule has 1 aliphatic rings. The smallest absolute Gasteiger partial charge is 0.292 e. The normalized spacial score (nSPS) is 16.9. The molecule has 0 bridgehead atoms. The highest BCUT2D eigenvalue weighted by Crippen LogP contribution is 2.20. The van der Waals surface area contributed by atoms with E-state index in [0.29, 0.717) is 16.5 Å². The molecule has 7 heteroatoms. The lowest BCUT2D eigenvalue weighted by molar-refractivity contribution is 0.239. The molecule has 0 atom stereocenters. The molecule has 1 aromatic rings. The van der Waals surface area contributed by atoms with Crippen molar-refractivity contribution in [2.24, 2.45) is 5.14 Å². The van der Waals surface area contributed by atoms with Crippen molar-refractivity contribution in [1.82, 2.24) is 4.31 Å². The second-order valence-corrected chi connectivity index (χ2v) is 4.86. The summed E-state index contributed by atoms with van der Waals surface area (Å²) in [6.45, 7) is 0.409. The highest BCUT2D eigenvalue weighted by molar-refractivity contribution is 7.87. The molecule has 0 saturated carbocycles. The first-order valence-corrected chi connectivity index (χ1v) is 6.17. The van der Waals surface area contributed by atoms with Crippen LogP contribution in [0.25, 0.3) is 0 Å². The van der Waals surface area contributed by atoms with E-state index in [-0.39, 0.29) is 6.54 Å². The van der Waals surface area contributed by atoms with Gasteiger partial charge in [-0.1, -0.05) is 18.2 Å². The van der Waals surface area contributed by atoms with E-state index in [4.69, 9.17) is 5.14 Å². The van der Waals surface area contributed by atoms with Gasteiger partial charge in [0.15, 0.2) is 0 Å².